The average molecular weight is 477 g/mol. The average Bonchev–Trinajstić information content (AvgIpc) is 3.30. The highest BCUT2D eigenvalue weighted by Crippen LogP contribution is 2.37. The van der Waals surface area contributed by atoms with E-state index in [1.165, 1.54) is 93.2 Å². The van der Waals surface area contributed by atoms with Gasteiger partial charge in [-0.3, -0.25) is 5.41 Å². The van der Waals surface area contributed by atoms with E-state index in [0.29, 0.717) is 29.4 Å². The maximum atomic E-state index is 9.32. The number of nitrogens with one attached hydrogen (secondary N) is 1. The Kier molecular flexibility index (Phi) is 9.33. The molecule has 1 N–H and O–H groups in total. The fourth-order valence-electron chi connectivity index (χ4n) is 6.74. The molecule has 4 heteroatoms. The van der Waals surface area contributed by atoms with Crippen molar-refractivity contribution in [3.8, 4) is 0 Å². The molecule has 0 unspecified atom stereocenters. The van der Waals surface area contributed by atoms with Gasteiger partial charge in [-0.1, -0.05) is 56.8 Å². The number of hydrogen-bond acceptors (Lipinski definition) is 4. The first-order valence-corrected chi connectivity index (χ1v) is 14.5. The summed E-state index contributed by atoms with van der Waals surface area (Å²) in [7, 11) is 2.26. The van der Waals surface area contributed by atoms with Crippen LogP contribution < -0.4 is 0 Å². The number of likely N-dealkylation sites (tertiary alicyclic amines) is 1. The Morgan fingerprint density at radius 3 is 2.51 bits per heavy atom. The van der Waals surface area contributed by atoms with Crippen LogP contribution in [0.25, 0.3) is 0 Å². The third-order valence-electron chi connectivity index (χ3n) is 8.99. The van der Waals surface area contributed by atoms with Crippen LogP contribution >= 0.6 is 0 Å². The molecule has 2 aliphatic carbocycles. The van der Waals surface area contributed by atoms with Crippen LogP contribution in [0, 0.1) is 11.3 Å². The number of aromatic nitrogens is 2. The molecule has 0 radical (unpaired) electrons. The van der Waals surface area contributed by atoms with Crippen LogP contribution in [-0.4, -0.2) is 40.2 Å². The van der Waals surface area contributed by atoms with Gasteiger partial charge in [0.15, 0.2) is 5.82 Å². The maximum Gasteiger partial charge on any atom is 0.178 e. The highest BCUT2D eigenvalue weighted by molar-refractivity contribution is 6.08. The smallest absolute Gasteiger partial charge is 0.178 e. The second-order valence-corrected chi connectivity index (χ2v) is 11.5. The quantitative estimate of drug-likeness (QED) is 0.292. The van der Waals surface area contributed by atoms with E-state index in [2.05, 4.69) is 38.4 Å². The van der Waals surface area contributed by atoms with Crippen molar-refractivity contribution >= 4 is 5.71 Å². The summed E-state index contributed by atoms with van der Waals surface area (Å²) >= 11 is 0. The molecule has 0 aromatic carbocycles. The third kappa shape index (κ3) is 6.50. The zero-order chi connectivity index (χ0) is 24.8. The van der Waals surface area contributed by atoms with Crippen molar-refractivity contribution in [1.29, 1.82) is 5.41 Å². The van der Waals surface area contributed by atoms with Gasteiger partial charge in [-0.25, -0.2) is 9.97 Å². The molecule has 1 aliphatic heterocycles. The number of hydrogen-bond donors (Lipinski definition) is 1. The van der Waals surface area contributed by atoms with Crippen LogP contribution in [0.15, 0.2) is 29.4 Å². The van der Waals surface area contributed by atoms with Gasteiger partial charge in [0.2, 0.25) is 0 Å². The zero-order valence-corrected chi connectivity index (χ0v) is 22.7. The molecule has 0 amide bonds. The lowest BCUT2D eigenvalue weighted by atomic mass is 9.78. The molecular formula is C31H48N4. The monoisotopic (exact) mass is 476 g/mol. The number of rotatable bonds is 9. The summed E-state index contributed by atoms with van der Waals surface area (Å²) in [6.07, 6.45) is 17.9. The van der Waals surface area contributed by atoms with Gasteiger partial charge in [-0.2, -0.15) is 0 Å². The first-order chi connectivity index (χ1) is 17.0. The summed E-state index contributed by atoms with van der Waals surface area (Å²) in [5.41, 5.74) is 6.79. The van der Waals surface area contributed by atoms with Gasteiger partial charge in [0.05, 0.1) is 0 Å². The molecule has 192 valence electrons. The van der Waals surface area contributed by atoms with Crippen molar-refractivity contribution in [2.45, 2.75) is 122 Å². The predicted octanol–water partition coefficient (Wildman–Crippen LogP) is 7.78. The van der Waals surface area contributed by atoms with Crippen LogP contribution in [0.3, 0.4) is 0 Å². The summed E-state index contributed by atoms with van der Waals surface area (Å²) in [5, 5.41) is 9.32. The van der Waals surface area contributed by atoms with E-state index in [0.717, 1.165) is 37.8 Å². The summed E-state index contributed by atoms with van der Waals surface area (Å²) in [4.78, 5) is 12.7. The highest BCUT2D eigenvalue weighted by Gasteiger charge is 2.26. The largest absolute Gasteiger partial charge is 0.303 e. The van der Waals surface area contributed by atoms with Crippen LogP contribution in [0.2, 0.25) is 0 Å². The molecule has 3 fully saturated rings. The minimum absolute atomic E-state index is 0.421. The first kappa shape index (κ1) is 26.3. The van der Waals surface area contributed by atoms with Crippen LogP contribution in [0.4, 0.5) is 0 Å². The summed E-state index contributed by atoms with van der Waals surface area (Å²) < 4.78 is 0. The van der Waals surface area contributed by atoms with Gasteiger partial charge in [0.25, 0.3) is 0 Å². The normalized spacial score (nSPS) is 25.1. The molecule has 3 aliphatic rings. The number of nitrogens with zero attached hydrogens (tertiary/aromatic N) is 3. The number of aryl methyl sites for hydroxylation is 1. The lowest BCUT2D eigenvalue weighted by Crippen LogP contribution is -2.25. The van der Waals surface area contributed by atoms with E-state index >= 15 is 0 Å². The molecule has 2 heterocycles. The molecule has 35 heavy (non-hydrogen) atoms. The predicted molar refractivity (Wildman–Crippen MR) is 147 cm³/mol. The molecule has 1 aromatic heterocycles. The Morgan fingerprint density at radius 2 is 1.83 bits per heavy atom. The van der Waals surface area contributed by atoms with E-state index in [-0.39, 0.29) is 0 Å². The zero-order valence-electron chi connectivity index (χ0n) is 22.7. The van der Waals surface area contributed by atoms with Crippen molar-refractivity contribution in [3.63, 3.8) is 0 Å². The second-order valence-electron chi connectivity index (χ2n) is 11.5. The van der Waals surface area contributed by atoms with Crippen molar-refractivity contribution < 1.29 is 0 Å². The highest BCUT2D eigenvalue weighted by atomic mass is 15.1. The molecule has 4 nitrogen and oxygen atoms in total. The summed E-state index contributed by atoms with van der Waals surface area (Å²) in [6, 6.07) is 2.96. The third-order valence-corrected chi connectivity index (χ3v) is 8.99. The SMILES string of the molecule is C=C1CCCC[C@@H]1/C(C)=C(\CCC)C(=N)c1nc(CC[C@@H]2CCCN2C)cc(C2CCCCC2)n1. The van der Waals surface area contributed by atoms with E-state index in [9.17, 15) is 5.41 Å². The standard InChI is InChI=1S/C31H48N4/c1-5-12-28(23(3)27-17-10-9-13-22(27)2)30(32)31-33-25(18-19-26-16-11-20-35(26)4)21-29(34-31)24-14-7-6-8-15-24/h21,24,26-27,32H,2,5-20H2,1,3-4H3/b28-23+,32-30?/t26-,27-/m0/s1. The lowest BCUT2D eigenvalue weighted by molar-refractivity contribution is 0.296. The van der Waals surface area contributed by atoms with Crippen LogP contribution in [0.1, 0.15) is 127 Å². The Morgan fingerprint density at radius 1 is 1.06 bits per heavy atom. The molecule has 2 atom stereocenters. The van der Waals surface area contributed by atoms with E-state index < -0.39 is 0 Å². The molecule has 0 bridgehead atoms. The lowest BCUT2D eigenvalue weighted by Gasteiger charge is -2.28. The Hall–Kier alpha value is -1.81. The molecule has 1 aromatic rings. The molecule has 2 saturated carbocycles. The molecule has 4 rings (SSSR count). The van der Waals surface area contributed by atoms with Gasteiger partial charge in [-0.05, 0) is 96.4 Å². The van der Waals surface area contributed by atoms with Crippen molar-refractivity contribution in [1.82, 2.24) is 14.9 Å². The molecule has 1 saturated heterocycles. The fourth-order valence-corrected chi connectivity index (χ4v) is 6.74. The van der Waals surface area contributed by atoms with Crippen LogP contribution in [0.5, 0.6) is 0 Å². The van der Waals surface area contributed by atoms with Crippen molar-refractivity contribution in [2.75, 3.05) is 13.6 Å². The topological polar surface area (TPSA) is 52.9 Å². The summed E-state index contributed by atoms with van der Waals surface area (Å²) in [6.45, 7) is 10.1. The van der Waals surface area contributed by atoms with Crippen LogP contribution in [-0.2, 0) is 6.42 Å². The van der Waals surface area contributed by atoms with Gasteiger partial charge in [0.1, 0.15) is 5.71 Å². The van der Waals surface area contributed by atoms with Gasteiger partial charge in [-0.15, -0.1) is 0 Å². The van der Waals surface area contributed by atoms with Gasteiger partial charge < -0.3 is 4.90 Å². The minimum atomic E-state index is 0.421. The number of allylic oxidation sites excluding steroid dienone is 3. The van der Waals surface area contributed by atoms with Crippen molar-refractivity contribution in [2.24, 2.45) is 5.92 Å². The molecule has 0 spiro atoms. The summed E-state index contributed by atoms with van der Waals surface area (Å²) in [5.74, 6) is 1.63. The second kappa shape index (κ2) is 12.4. The maximum absolute atomic E-state index is 9.32. The Bertz CT molecular complexity index is 924. The van der Waals surface area contributed by atoms with Gasteiger partial charge in [0, 0.05) is 29.3 Å². The molecular weight excluding hydrogens is 428 g/mol. The minimum Gasteiger partial charge on any atom is -0.303 e. The van der Waals surface area contributed by atoms with Gasteiger partial charge >= 0.3 is 0 Å². The van der Waals surface area contributed by atoms with Crippen molar-refractivity contribution in [3.05, 3.63) is 46.6 Å². The Labute approximate surface area is 214 Å². The van der Waals surface area contributed by atoms with E-state index in [1.54, 1.807) is 0 Å². The fraction of sp³-hybridized carbons (Fsp3) is 0.710. The van der Waals surface area contributed by atoms with E-state index in [1.807, 2.05) is 0 Å². The first-order valence-electron chi connectivity index (χ1n) is 14.5. The van der Waals surface area contributed by atoms with E-state index in [4.69, 9.17) is 9.97 Å². The Balaban J connectivity index is 1.64.